The highest BCUT2D eigenvalue weighted by Crippen LogP contribution is 2.40. The van der Waals surface area contributed by atoms with E-state index in [-0.39, 0.29) is 0 Å². The van der Waals surface area contributed by atoms with Crippen LogP contribution in [0.4, 0.5) is 0 Å². The monoisotopic (exact) mass is 408 g/mol. The van der Waals surface area contributed by atoms with E-state index in [1.54, 1.807) is 40.6 Å². The van der Waals surface area contributed by atoms with Gasteiger partial charge in [0.25, 0.3) is 0 Å². The Hall–Kier alpha value is -3.67. The summed E-state index contributed by atoms with van der Waals surface area (Å²) in [6.45, 7) is 0. The van der Waals surface area contributed by atoms with Crippen LogP contribution in [0.2, 0.25) is 0 Å². The summed E-state index contributed by atoms with van der Waals surface area (Å²) in [5.41, 5.74) is 3.98. The van der Waals surface area contributed by atoms with Gasteiger partial charge in [-0.1, -0.05) is 18.2 Å². The number of hydrogen-bond donors (Lipinski definition) is 0. The lowest BCUT2D eigenvalue weighted by atomic mass is 9.92. The summed E-state index contributed by atoms with van der Waals surface area (Å²) in [6, 6.07) is 16.7. The molecule has 0 atom stereocenters. The zero-order chi connectivity index (χ0) is 21.7. The van der Waals surface area contributed by atoms with Gasteiger partial charge in [0.2, 0.25) is 0 Å². The Kier molecular flexibility index (Phi) is 6.47. The molecule has 0 spiro atoms. The molecule has 0 bridgehead atoms. The van der Waals surface area contributed by atoms with Crippen LogP contribution >= 0.6 is 0 Å². The molecule has 0 radical (unpaired) electrons. The van der Waals surface area contributed by atoms with Crippen molar-refractivity contribution in [1.29, 1.82) is 0 Å². The highest BCUT2D eigenvalue weighted by Gasteiger charge is 2.16. The van der Waals surface area contributed by atoms with Crippen molar-refractivity contribution < 1.29 is 28.5 Å². The van der Waals surface area contributed by atoms with E-state index >= 15 is 0 Å². The van der Waals surface area contributed by atoms with E-state index in [9.17, 15) is 4.79 Å². The predicted molar refractivity (Wildman–Crippen MR) is 115 cm³/mol. The maximum Gasteiger partial charge on any atom is 0.337 e. The van der Waals surface area contributed by atoms with Crippen molar-refractivity contribution in [3.63, 3.8) is 0 Å². The van der Waals surface area contributed by atoms with Crippen molar-refractivity contribution in [2.75, 3.05) is 35.5 Å². The number of benzene rings is 3. The molecule has 6 nitrogen and oxygen atoms in total. The van der Waals surface area contributed by atoms with Crippen molar-refractivity contribution >= 4 is 5.97 Å². The van der Waals surface area contributed by atoms with E-state index < -0.39 is 5.97 Å². The standard InChI is InChI=1S/C24H24O6/c1-26-20-10-7-15(13-22(20)28-3)18-9-6-17(24(25)30-5)12-19(18)16-8-11-21(27-2)23(14-16)29-4/h6-14H,1-5H3. The van der Waals surface area contributed by atoms with Gasteiger partial charge in [-0.25, -0.2) is 4.79 Å². The lowest BCUT2D eigenvalue weighted by molar-refractivity contribution is 0.0601. The van der Waals surface area contributed by atoms with Gasteiger partial charge in [0.1, 0.15) is 0 Å². The number of ether oxygens (including phenoxy) is 5. The fourth-order valence-corrected chi connectivity index (χ4v) is 3.29. The van der Waals surface area contributed by atoms with Crippen LogP contribution in [0.15, 0.2) is 54.6 Å². The molecule has 0 saturated heterocycles. The van der Waals surface area contributed by atoms with Gasteiger partial charge in [-0.15, -0.1) is 0 Å². The first-order valence-corrected chi connectivity index (χ1v) is 9.23. The molecule has 156 valence electrons. The molecule has 0 aromatic heterocycles. The van der Waals surface area contributed by atoms with E-state index in [0.717, 1.165) is 22.3 Å². The molecule has 30 heavy (non-hydrogen) atoms. The lowest BCUT2D eigenvalue weighted by Gasteiger charge is -2.16. The zero-order valence-corrected chi connectivity index (χ0v) is 17.6. The normalized spacial score (nSPS) is 10.3. The number of hydrogen-bond acceptors (Lipinski definition) is 6. The van der Waals surface area contributed by atoms with Crippen molar-refractivity contribution in [1.82, 2.24) is 0 Å². The summed E-state index contributed by atoms with van der Waals surface area (Å²) in [5.74, 6) is 2.07. The number of esters is 1. The fraction of sp³-hybridized carbons (Fsp3) is 0.208. The molecule has 6 heteroatoms. The van der Waals surface area contributed by atoms with Gasteiger partial charge in [0.05, 0.1) is 41.1 Å². The second-order valence-corrected chi connectivity index (χ2v) is 6.39. The van der Waals surface area contributed by atoms with E-state index in [0.29, 0.717) is 28.6 Å². The Morgan fingerprint density at radius 3 is 1.53 bits per heavy atom. The van der Waals surface area contributed by atoms with Crippen molar-refractivity contribution in [3.05, 3.63) is 60.2 Å². The third-order valence-corrected chi connectivity index (χ3v) is 4.83. The molecule has 0 heterocycles. The summed E-state index contributed by atoms with van der Waals surface area (Å²) >= 11 is 0. The van der Waals surface area contributed by atoms with Gasteiger partial charge in [-0.2, -0.15) is 0 Å². The molecule has 0 unspecified atom stereocenters. The summed E-state index contributed by atoms with van der Waals surface area (Å²) < 4.78 is 26.5. The van der Waals surface area contributed by atoms with E-state index in [2.05, 4.69) is 0 Å². The molecule has 0 aliphatic heterocycles. The van der Waals surface area contributed by atoms with Crippen molar-refractivity contribution in [2.45, 2.75) is 0 Å². The maximum atomic E-state index is 12.1. The lowest BCUT2D eigenvalue weighted by Crippen LogP contribution is -2.02. The molecule has 0 saturated carbocycles. The minimum absolute atomic E-state index is 0.407. The van der Waals surface area contributed by atoms with Crippen LogP contribution < -0.4 is 18.9 Å². The summed E-state index contributed by atoms with van der Waals surface area (Å²) in [4.78, 5) is 12.1. The Balaban J connectivity index is 2.23. The second-order valence-electron chi connectivity index (χ2n) is 6.39. The topological polar surface area (TPSA) is 63.2 Å². The van der Waals surface area contributed by atoms with Gasteiger partial charge in [-0.3, -0.25) is 0 Å². The van der Waals surface area contributed by atoms with Gasteiger partial charge >= 0.3 is 5.97 Å². The summed E-state index contributed by atoms with van der Waals surface area (Å²) in [5, 5.41) is 0. The van der Waals surface area contributed by atoms with Crippen LogP contribution in [0.25, 0.3) is 22.3 Å². The minimum Gasteiger partial charge on any atom is -0.493 e. The Labute approximate surface area is 175 Å². The average Bonchev–Trinajstić information content (AvgIpc) is 2.82. The molecule has 0 fully saturated rings. The number of methoxy groups -OCH3 is 5. The maximum absolute atomic E-state index is 12.1. The first kappa shape index (κ1) is 21.0. The Morgan fingerprint density at radius 1 is 0.567 bits per heavy atom. The van der Waals surface area contributed by atoms with E-state index in [1.165, 1.54) is 7.11 Å². The highest BCUT2D eigenvalue weighted by atomic mass is 16.5. The molecule has 0 aliphatic carbocycles. The van der Waals surface area contributed by atoms with Crippen LogP contribution in [-0.4, -0.2) is 41.5 Å². The van der Waals surface area contributed by atoms with Gasteiger partial charge < -0.3 is 23.7 Å². The molecule has 3 aromatic carbocycles. The van der Waals surface area contributed by atoms with Crippen LogP contribution in [0.1, 0.15) is 10.4 Å². The first-order valence-electron chi connectivity index (χ1n) is 9.23. The van der Waals surface area contributed by atoms with Crippen molar-refractivity contribution in [2.24, 2.45) is 0 Å². The molecule has 3 aromatic rings. The zero-order valence-electron chi connectivity index (χ0n) is 17.6. The largest absolute Gasteiger partial charge is 0.493 e. The highest BCUT2D eigenvalue weighted by molar-refractivity contribution is 5.94. The Morgan fingerprint density at radius 2 is 1.07 bits per heavy atom. The van der Waals surface area contributed by atoms with Gasteiger partial charge in [-0.05, 0) is 58.7 Å². The van der Waals surface area contributed by atoms with Crippen LogP contribution in [-0.2, 0) is 4.74 Å². The van der Waals surface area contributed by atoms with Gasteiger partial charge in [0.15, 0.2) is 23.0 Å². The van der Waals surface area contributed by atoms with Crippen LogP contribution in [0.3, 0.4) is 0 Å². The third kappa shape index (κ3) is 4.03. The predicted octanol–water partition coefficient (Wildman–Crippen LogP) is 4.84. The SMILES string of the molecule is COC(=O)c1ccc(-c2ccc(OC)c(OC)c2)c(-c2ccc(OC)c(OC)c2)c1. The van der Waals surface area contributed by atoms with E-state index in [4.69, 9.17) is 23.7 Å². The van der Waals surface area contributed by atoms with Gasteiger partial charge in [0, 0.05) is 0 Å². The van der Waals surface area contributed by atoms with Crippen molar-refractivity contribution in [3.8, 4) is 45.3 Å². The molecule has 0 amide bonds. The van der Waals surface area contributed by atoms with Crippen LogP contribution in [0.5, 0.6) is 23.0 Å². The number of carbonyl (C=O) groups excluding carboxylic acids is 1. The van der Waals surface area contributed by atoms with Crippen LogP contribution in [0, 0.1) is 0 Å². The third-order valence-electron chi connectivity index (χ3n) is 4.83. The molecule has 0 N–H and O–H groups in total. The summed E-state index contributed by atoms with van der Waals surface area (Å²) in [6.07, 6.45) is 0. The molecular formula is C24H24O6. The molecule has 0 aliphatic rings. The number of rotatable bonds is 7. The quantitative estimate of drug-likeness (QED) is 0.521. The molecular weight excluding hydrogens is 384 g/mol. The summed E-state index contributed by atoms with van der Waals surface area (Å²) in [7, 11) is 7.72. The first-order chi connectivity index (χ1) is 14.6. The Bertz CT molecular complexity index is 1060. The number of carbonyl (C=O) groups is 1. The van der Waals surface area contributed by atoms with E-state index in [1.807, 2.05) is 42.5 Å². The second kappa shape index (κ2) is 9.22. The average molecular weight is 408 g/mol. The smallest absolute Gasteiger partial charge is 0.337 e. The fourth-order valence-electron chi connectivity index (χ4n) is 3.29. The molecule has 3 rings (SSSR count). The minimum atomic E-state index is -0.407.